The Hall–Kier alpha value is -0.590. The van der Waals surface area contributed by atoms with Gasteiger partial charge in [0, 0.05) is 26.0 Å². The van der Waals surface area contributed by atoms with E-state index in [2.05, 4.69) is 5.10 Å². The molecule has 1 aromatic rings. The van der Waals surface area contributed by atoms with E-state index in [-0.39, 0.29) is 10.9 Å². The van der Waals surface area contributed by atoms with Gasteiger partial charge in [0.05, 0.1) is 6.20 Å². The second kappa shape index (κ2) is 4.35. The summed E-state index contributed by atoms with van der Waals surface area (Å²) in [5, 5.41) is 4.12. The average Bonchev–Trinajstić information content (AvgIpc) is 2.85. The Morgan fingerprint density at radius 1 is 1.62 bits per heavy atom. The standard InChI is InChI=1S/C9H14ClN3O2S/c1-12-9(2-4-11-12)16(14,15)13-5-3-8(6-10)7-13/h2,4,8H,3,5-7H2,1H3. The number of hydrogen-bond acceptors (Lipinski definition) is 3. The van der Waals surface area contributed by atoms with Crippen molar-refractivity contribution in [2.75, 3.05) is 19.0 Å². The summed E-state index contributed by atoms with van der Waals surface area (Å²) in [6.45, 7) is 1.06. The van der Waals surface area contributed by atoms with Gasteiger partial charge in [-0.3, -0.25) is 4.68 Å². The van der Waals surface area contributed by atoms with E-state index in [4.69, 9.17) is 11.6 Å². The molecule has 90 valence electrons. The van der Waals surface area contributed by atoms with Gasteiger partial charge in [0.25, 0.3) is 10.0 Å². The number of alkyl halides is 1. The SMILES string of the molecule is Cn1nccc1S(=O)(=O)N1CCC(CCl)C1. The molecule has 2 rings (SSSR count). The maximum atomic E-state index is 12.2. The maximum Gasteiger partial charge on any atom is 0.260 e. The van der Waals surface area contributed by atoms with E-state index in [1.54, 1.807) is 7.05 Å². The van der Waals surface area contributed by atoms with Crippen LogP contribution in [0.5, 0.6) is 0 Å². The molecule has 0 aliphatic carbocycles. The molecule has 0 spiro atoms. The zero-order chi connectivity index (χ0) is 11.8. The molecule has 16 heavy (non-hydrogen) atoms. The minimum atomic E-state index is -3.39. The lowest BCUT2D eigenvalue weighted by atomic mass is 10.2. The summed E-state index contributed by atoms with van der Waals surface area (Å²) >= 11 is 5.74. The van der Waals surface area contributed by atoms with Crippen LogP contribution in [0, 0.1) is 5.92 Å². The summed E-state index contributed by atoms with van der Waals surface area (Å²) in [6, 6.07) is 1.52. The van der Waals surface area contributed by atoms with Gasteiger partial charge in [-0.15, -0.1) is 11.6 Å². The second-order valence-corrected chi connectivity index (χ2v) is 6.16. The highest BCUT2D eigenvalue weighted by atomic mass is 35.5. The zero-order valence-electron chi connectivity index (χ0n) is 9.00. The Bertz CT molecular complexity index is 471. The summed E-state index contributed by atoms with van der Waals surface area (Å²) < 4.78 is 27.3. The van der Waals surface area contributed by atoms with Crippen LogP contribution in [0.4, 0.5) is 0 Å². The van der Waals surface area contributed by atoms with Crippen LogP contribution in [0.25, 0.3) is 0 Å². The van der Waals surface area contributed by atoms with Crippen LogP contribution in [-0.2, 0) is 17.1 Å². The van der Waals surface area contributed by atoms with Gasteiger partial charge >= 0.3 is 0 Å². The molecule has 0 bridgehead atoms. The van der Waals surface area contributed by atoms with E-state index >= 15 is 0 Å². The van der Waals surface area contributed by atoms with Crippen LogP contribution in [0.3, 0.4) is 0 Å². The van der Waals surface area contributed by atoms with Crippen molar-refractivity contribution in [3.8, 4) is 0 Å². The minimum Gasteiger partial charge on any atom is -0.256 e. The molecule has 0 N–H and O–H groups in total. The van der Waals surface area contributed by atoms with Crippen LogP contribution in [-0.4, -0.2) is 41.5 Å². The molecule has 0 amide bonds. The number of nitrogens with zero attached hydrogens (tertiary/aromatic N) is 3. The monoisotopic (exact) mass is 263 g/mol. The molecule has 1 atom stereocenters. The number of rotatable bonds is 3. The van der Waals surface area contributed by atoms with E-state index in [1.165, 1.54) is 21.3 Å². The first-order valence-electron chi connectivity index (χ1n) is 5.10. The molecule has 0 saturated carbocycles. The molecule has 5 nitrogen and oxygen atoms in total. The molecule has 1 aliphatic rings. The minimum absolute atomic E-state index is 0.239. The zero-order valence-corrected chi connectivity index (χ0v) is 10.6. The number of aryl methyl sites for hydroxylation is 1. The van der Waals surface area contributed by atoms with Crippen molar-refractivity contribution in [3.63, 3.8) is 0 Å². The molecule has 2 heterocycles. The summed E-state index contributed by atoms with van der Waals surface area (Å²) in [5.74, 6) is 0.780. The molecule has 1 saturated heterocycles. The Labute approximate surface area is 100 Å². The van der Waals surface area contributed by atoms with Crippen LogP contribution < -0.4 is 0 Å². The van der Waals surface area contributed by atoms with Crippen molar-refractivity contribution in [2.45, 2.75) is 11.4 Å². The lowest BCUT2D eigenvalue weighted by molar-refractivity contribution is 0.456. The highest BCUT2D eigenvalue weighted by Crippen LogP contribution is 2.24. The quantitative estimate of drug-likeness (QED) is 0.754. The van der Waals surface area contributed by atoms with Crippen molar-refractivity contribution in [3.05, 3.63) is 12.3 Å². The summed E-state index contributed by atoms with van der Waals surface area (Å²) in [6.07, 6.45) is 2.32. The lowest BCUT2D eigenvalue weighted by Crippen LogP contribution is -2.30. The lowest BCUT2D eigenvalue weighted by Gasteiger charge is -2.15. The molecular formula is C9H14ClN3O2S. The Balaban J connectivity index is 2.25. The summed E-state index contributed by atoms with van der Waals surface area (Å²) in [4.78, 5) is 0. The molecule has 0 aromatic carbocycles. The van der Waals surface area contributed by atoms with Crippen LogP contribution in [0.2, 0.25) is 0 Å². The van der Waals surface area contributed by atoms with Crippen molar-refractivity contribution >= 4 is 21.6 Å². The third-order valence-corrected chi connectivity index (χ3v) is 5.22. The molecule has 1 fully saturated rings. The van der Waals surface area contributed by atoms with Gasteiger partial charge in [-0.05, 0) is 18.4 Å². The number of aromatic nitrogens is 2. The highest BCUT2D eigenvalue weighted by Gasteiger charge is 2.33. The smallest absolute Gasteiger partial charge is 0.256 e. The molecule has 1 unspecified atom stereocenters. The Morgan fingerprint density at radius 2 is 2.38 bits per heavy atom. The summed E-state index contributed by atoms with van der Waals surface area (Å²) in [5.41, 5.74) is 0. The number of sulfonamides is 1. The number of halogens is 1. The Kier molecular flexibility index (Phi) is 3.23. The van der Waals surface area contributed by atoms with Gasteiger partial charge in [-0.25, -0.2) is 8.42 Å². The van der Waals surface area contributed by atoms with E-state index < -0.39 is 10.0 Å². The first kappa shape index (κ1) is 11.9. The van der Waals surface area contributed by atoms with E-state index in [0.717, 1.165) is 6.42 Å². The molecule has 1 aromatic heterocycles. The number of hydrogen-bond donors (Lipinski definition) is 0. The van der Waals surface area contributed by atoms with Crippen molar-refractivity contribution < 1.29 is 8.42 Å². The van der Waals surface area contributed by atoms with Gasteiger partial charge in [-0.1, -0.05) is 0 Å². The molecular weight excluding hydrogens is 250 g/mol. The van der Waals surface area contributed by atoms with Gasteiger partial charge in [0.15, 0.2) is 5.03 Å². The molecule has 0 radical (unpaired) electrons. The van der Waals surface area contributed by atoms with Crippen LogP contribution in [0.1, 0.15) is 6.42 Å². The van der Waals surface area contributed by atoms with Gasteiger partial charge in [0.1, 0.15) is 0 Å². The van der Waals surface area contributed by atoms with Gasteiger partial charge < -0.3 is 0 Å². The fourth-order valence-corrected chi connectivity index (χ4v) is 3.77. The first-order valence-corrected chi connectivity index (χ1v) is 7.07. The topological polar surface area (TPSA) is 55.2 Å². The van der Waals surface area contributed by atoms with E-state index in [1.807, 2.05) is 0 Å². The molecule has 7 heteroatoms. The van der Waals surface area contributed by atoms with Crippen LogP contribution in [0.15, 0.2) is 17.3 Å². The Morgan fingerprint density at radius 3 is 2.88 bits per heavy atom. The predicted octanol–water partition coefficient (Wildman–Crippen LogP) is 0.669. The van der Waals surface area contributed by atoms with Crippen molar-refractivity contribution in [1.82, 2.24) is 14.1 Å². The fourth-order valence-electron chi connectivity index (χ4n) is 1.89. The second-order valence-electron chi connectivity index (χ2n) is 3.97. The molecule has 1 aliphatic heterocycles. The van der Waals surface area contributed by atoms with Gasteiger partial charge in [-0.2, -0.15) is 9.40 Å². The van der Waals surface area contributed by atoms with Gasteiger partial charge in [0.2, 0.25) is 0 Å². The third-order valence-electron chi connectivity index (χ3n) is 2.85. The van der Waals surface area contributed by atoms with E-state index in [0.29, 0.717) is 19.0 Å². The third kappa shape index (κ3) is 1.97. The average molecular weight is 264 g/mol. The summed E-state index contributed by atoms with van der Waals surface area (Å²) in [7, 11) is -1.77. The first-order chi connectivity index (χ1) is 7.55. The largest absolute Gasteiger partial charge is 0.260 e. The van der Waals surface area contributed by atoms with Crippen molar-refractivity contribution in [1.29, 1.82) is 0 Å². The van der Waals surface area contributed by atoms with E-state index in [9.17, 15) is 8.42 Å². The maximum absolute atomic E-state index is 12.2. The fraction of sp³-hybridized carbons (Fsp3) is 0.667. The van der Waals surface area contributed by atoms with Crippen molar-refractivity contribution in [2.24, 2.45) is 13.0 Å². The predicted molar refractivity (Wildman–Crippen MR) is 60.8 cm³/mol. The normalized spacial score (nSPS) is 22.8. The highest BCUT2D eigenvalue weighted by molar-refractivity contribution is 7.89. The van der Waals surface area contributed by atoms with Crippen LogP contribution >= 0.6 is 11.6 Å².